The fraction of sp³-hybridized carbons (Fsp3) is 0.250. The second kappa shape index (κ2) is 9.72. The van der Waals surface area contributed by atoms with Gasteiger partial charge >= 0.3 is 0 Å². The Morgan fingerprint density at radius 1 is 1.19 bits per heavy atom. The number of rotatable bonds is 8. The summed E-state index contributed by atoms with van der Waals surface area (Å²) >= 11 is 0.934. The zero-order valence-electron chi connectivity index (χ0n) is 19.6. The zero-order valence-corrected chi connectivity index (χ0v) is 20.4. The van der Waals surface area contributed by atoms with Crippen LogP contribution in [-0.4, -0.2) is 37.9 Å². The van der Waals surface area contributed by atoms with Crippen LogP contribution in [-0.2, 0) is 12.0 Å². The van der Waals surface area contributed by atoms with Crippen LogP contribution in [0.4, 0.5) is 19.6 Å². The topological polar surface area (TPSA) is 147 Å². The molecule has 0 aliphatic heterocycles. The predicted octanol–water partition coefficient (Wildman–Crippen LogP) is 4.05. The second-order valence-electron chi connectivity index (χ2n) is 8.54. The van der Waals surface area contributed by atoms with E-state index in [0.29, 0.717) is 22.9 Å². The number of amides is 1. The smallest absolute Gasteiger partial charge is 0.259 e. The van der Waals surface area contributed by atoms with Crippen molar-refractivity contribution in [3.63, 3.8) is 0 Å². The number of primary amides is 1. The molecule has 4 rings (SSSR count). The summed E-state index contributed by atoms with van der Waals surface area (Å²) in [7, 11) is 0. The monoisotopic (exact) mass is 515 g/mol. The summed E-state index contributed by atoms with van der Waals surface area (Å²) in [5, 5.41) is 26.1. The van der Waals surface area contributed by atoms with Crippen LogP contribution in [0.1, 0.15) is 41.3 Å². The Balaban J connectivity index is 1.67. The lowest BCUT2D eigenvalue weighted by Gasteiger charge is -2.18. The number of aliphatic hydroxyl groups is 2. The number of carbonyl (C=O) groups excluding carboxylic acids is 1. The molecule has 5 N–H and O–H groups in total. The third kappa shape index (κ3) is 5.10. The number of thiophene rings is 1. The SMILES string of the molecule is Cc1nc(Nc2sc(-c3c(F)cc(C(C)(C)O)cc3F)cc2C(N)=O)ccc1-c1nc(CCO)no1. The molecular weight excluding hydrogens is 492 g/mol. The van der Waals surface area contributed by atoms with Gasteiger partial charge in [0.1, 0.15) is 22.5 Å². The maximum absolute atomic E-state index is 14.9. The molecule has 0 radical (unpaired) electrons. The van der Waals surface area contributed by atoms with E-state index < -0.39 is 23.1 Å². The number of nitrogens with one attached hydrogen (secondary N) is 1. The summed E-state index contributed by atoms with van der Waals surface area (Å²) in [6.07, 6.45) is 0.258. The Morgan fingerprint density at radius 3 is 2.47 bits per heavy atom. The molecule has 0 atom stereocenters. The largest absolute Gasteiger partial charge is 0.396 e. The maximum atomic E-state index is 14.9. The molecule has 0 unspecified atom stereocenters. The molecule has 3 heterocycles. The molecule has 0 bridgehead atoms. The van der Waals surface area contributed by atoms with E-state index in [1.165, 1.54) is 19.9 Å². The van der Waals surface area contributed by atoms with Gasteiger partial charge in [0.05, 0.1) is 34.6 Å². The van der Waals surface area contributed by atoms with Crippen LogP contribution >= 0.6 is 11.3 Å². The van der Waals surface area contributed by atoms with Crippen molar-refractivity contribution in [2.45, 2.75) is 32.8 Å². The third-order valence-corrected chi connectivity index (χ3v) is 6.42. The lowest BCUT2D eigenvalue weighted by Crippen LogP contribution is -2.16. The molecule has 0 saturated heterocycles. The van der Waals surface area contributed by atoms with Gasteiger partial charge in [0.15, 0.2) is 5.82 Å². The van der Waals surface area contributed by atoms with Crippen LogP contribution in [0.3, 0.4) is 0 Å². The number of nitrogens with zero attached hydrogens (tertiary/aromatic N) is 3. The van der Waals surface area contributed by atoms with Crippen molar-refractivity contribution in [2.24, 2.45) is 5.73 Å². The number of benzene rings is 1. The first kappa shape index (κ1) is 25.4. The minimum Gasteiger partial charge on any atom is -0.396 e. The molecule has 0 saturated carbocycles. The Hall–Kier alpha value is -3.74. The van der Waals surface area contributed by atoms with Gasteiger partial charge in [0.25, 0.3) is 11.8 Å². The summed E-state index contributed by atoms with van der Waals surface area (Å²) in [6.45, 7) is 4.46. The molecule has 0 fully saturated rings. The Kier molecular flexibility index (Phi) is 6.85. The fourth-order valence-electron chi connectivity index (χ4n) is 3.49. The highest BCUT2D eigenvalue weighted by Crippen LogP contribution is 2.40. The number of carbonyl (C=O) groups is 1. The molecule has 4 aromatic rings. The number of halogens is 2. The van der Waals surface area contributed by atoms with Crippen LogP contribution < -0.4 is 11.1 Å². The summed E-state index contributed by atoms with van der Waals surface area (Å²) in [5.74, 6) is -1.60. The lowest BCUT2D eigenvalue weighted by molar-refractivity contribution is 0.0778. The molecule has 0 spiro atoms. The lowest BCUT2D eigenvalue weighted by atomic mass is 9.96. The molecule has 12 heteroatoms. The van der Waals surface area contributed by atoms with Gasteiger partial charge in [0, 0.05) is 11.3 Å². The molecule has 0 aliphatic rings. The quantitative estimate of drug-likeness (QED) is 0.275. The first-order valence-electron chi connectivity index (χ1n) is 10.8. The second-order valence-corrected chi connectivity index (χ2v) is 9.59. The molecule has 1 amide bonds. The van der Waals surface area contributed by atoms with Crippen LogP contribution in [0, 0.1) is 18.6 Å². The standard InChI is InChI=1S/C24H23F2N5O4S/c1-11-13(22-29-19(6-7-32)31-35-22)4-5-18(28-11)30-23-14(21(27)33)10-17(36-23)20-15(25)8-12(9-16(20)26)24(2,3)34/h4-5,8-10,32,34H,6-7H2,1-3H3,(H2,27,33)(H,28,30). The third-order valence-electron chi connectivity index (χ3n) is 5.35. The van der Waals surface area contributed by atoms with Gasteiger partial charge in [-0.15, -0.1) is 11.3 Å². The van der Waals surface area contributed by atoms with Crippen molar-refractivity contribution < 1.29 is 28.3 Å². The normalized spacial score (nSPS) is 11.6. The highest BCUT2D eigenvalue weighted by atomic mass is 32.1. The van der Waals surface area contributed by atoms with E-state index in [1.807, 2.05) is 0 Å². The van der Waals surface area contributed by atoms with Crippen molar-refractivity contribution in [1.82, 2.24) is 15.1 Å². The van der Waals surface area contributed by atoms with E-state index in [2.05, 4.69) is 20.4 Å². The molecule has 36 heavy (non-hydrogen) atoms. The zero-order chi connectivity index (χ0) is 26.2. The number of aryl methyl sites for hydroxylation is 1. The average molecular weight is 516 g/mol. The van der Waals surface area contributed by atoms with Gasteiger partial charge in [-0.2, -0.15) is 4.98 Å². The van der Waals surface area contributed by atoms with Gasteiger partial charge in [-0.1, -0.05) is 5.16 Å². The number of pyridine rings is 1. The summed E-state index contributed by atoms with van der Waals surface area (Å²) in [6, 6.07) is 6.73. The van der Waals surface area contributed by atoms with Crippen LogP contribution in [0.15, 0.2) is 34.9 Å². The van der Waals surface area contributed by atoms with Crippen molar-refractivity contribution in [2.75, 3.05) is 11.9 Å². The number of anilines is 2. The van der Waals surface area contributed by atoms with Gasteiger partial charge in [-0.05, 0) is 56.7 Å². The molecule has 9 nitrogen and oxygen atoms in total. The Bertz CT molecular complexity index is 1420. The van der Waals surface area contributed by atoms with E-state index in [0.717, 1.165) is 23.5 Å². The molecule has 1 aromatic carbocycles. The minimum absolute atomic E-state index is 0.0365. The number of nitrogens with two attached hydrogens (primary N) is 1. The predicted molar refractivity (Wildman–Crippen MR) is 130 cm³/mol. The van der Waals surface area contributed by atoms with Gasteiger partial charge < -0.3 is 25.8 Å². The number of aliphatic hydroxyl groups excluding tert-OH is 1. The van der Waals surface area contributed by atoms with Crippen LogP contribution in [0.5, 0.6) is 0 Å². The van der Waals surface area contributed by atoms with E-state index in [-0.39, 0.29) is 45.5 Å². The first-order chi connectivity index (χ1) is 17.0. The number of hydrogen-bond donors (Lipinski definition) is 4. The van der Waals surface area contributed by atoms with E-state index in [4.69, 9.17) is 15.4 Å². The number of hydrogen-bond acceptors (Lipinski definition) is 9. The van der Waals surface area contributed by atoms with E-state index in [9.17, 15) is 18.7 Å². The van der Waals surface area contributed by atoms with Gasteiger partial charge in [0.2, 0.25) is 0 Å². The van der Waals surface area contributed by atoms with Crippen LogP contribution in [0.2, 0.25) is 0 Å². The van der Waals surface area contributed by atoms with Gasteiger partial charge in [-0.25, -0.2) is 13.8 Å². The summed E-state index contributed by atoms with van der Waals surface area (Å²) in [4.78, 5) is 20.9. The van der Waals surface area contributed by atoms with Crippen molar-refractivity contribution >= 4 is 28.1 Å². The molecule has 3 aromatic heterocycles. The van der Waals surface area contributed by atoms with Crippen molar-refractivity contribution in [3.8, 4) is 21.9 Å². The average Bonchev–Trinajstić information content (AvgIpc) is 3.40. The van der Waals surface area contributed by atoms with Crippen molar-refractivity contribution in [3.05, 3.63) is 64.6 Å². The Morgan fingerprint density at radius 2 is 1.89 bits per heavy atom. The fourth-order valence-corrected chi connectivity index (χ4v) is 4.61. The first-order valence-corrected chi connectivity index (χ1v) is 11.6. The molecular formula is C24H23F2N5O4S. The maximum Gasteiger partial charge on any atom is 0.259 e. The van der Waals surface area contributed by atoms with E-state index >= 15 is 0 Å². The summed E-state index contributed by atoms with van der Waals surface area (Å²) < 4.78 is 35.0. The van der Waals surface area contributed by atoms with Crippen molar-refractivity contribution in [1.29, 1.82) is 0 Å². The highest BCUT2D eigenvalue weighted by Gasteiger charge is 2.24. The highest BCUT2D eigenvalue weighted by molar-refractivity contribution is 7.20. The Labute approximate surface area is 208 Å². The molecule has 0 aliphatic carbocycles. The van der Waals surface area contributed by atoms with E-state index in [1.54, 1.807) is 19.1 Å². The van der Waals surface area contributed by atoms with Crippen LogP contribution in [0.25, 0.3) is 21.9 Å². The van der Waals surface area contributed by atoms with Gasteiger partial charge in [-0.3, -0.25) is 4.79 Å². The summed E-state index contributed by atoms with van der Waals surface area (Å²) in [5.41, 5.74) is 4.98. The minimum atomic E-state index is -1.43. The molecule has 188 valence electrons. The number of aromatic nitrogens is 3.